The van der Waals surface area contributed by atoms with Crippen molar-refractivity contribution in [1.29, 1.82) is 0 Å². The molecule has 0 bridgehead atoms. The van der Waals surface area contributed by atoms with E-state index in [4.69, 9.17) is 4.74 Å². The molecule has 1 heterocycles. The van der Waals surface area contributed by atoms with E-state index in [1.807, 2.05) is 13.8 Å². The van der Waals surface area contributed by atoms with Crippen molar-refractivity contribution in [1.82, 2.24) is 0 Å². The molecule has 0 fully saturated rings. The van der Waals surface area contributed by atoms with Crippen molar-refractivity contribution in [2.24, 2.45) is 0 Å². The molecule has 0 spiro atoms. The van der Waals surface area contributed by atoms with Gasteiger partial charge >= 0.3 is 5.97 Å². The molecule has 21 heavy (non-hydrogen) atoms. The number of carboxylic acids is 1. The number of ether oxygens (including phenoxy) is 1. The van der Waals surface area contributed by atoms with Crippen molar-refractivity contribution in [2.75, 3.05) is 0 Å². The number of benzene rings is 1. The maximum absolute atomic E-state index is 13.2. The van der Waals surface area contributed by atoms with Crippen LogP contribution in [0.4, 0.5) is 4.39 Å². The summed E-state index contributed by atoms with van der Waals surface area (Å²) in [5.74, 6) is -0.744. The van der Waals surface area contributed by atoms with E-state index in [1.165, 1.54) is 17.4 Å². The topological polar surface area (TPSA) is 46.5 Å². The summed E-state index contributed by atoms with van der Waals surface area (Å²) in [6.45, 7) is 4.18. The third kappa shape index (κ3) is 3.83. The zero-order valence-corrected chi connectivity index (χ0v) is 13.9. The molecule has 0 radical (unpaired) electrons. The van der Waals surface area contributed by atoms with Crippen LogP contribution in [0.5, 0.6) is 5.75 Å². The van der Waals surface area contributed by atoms with E-state index in [1.54, 1.807) is 18.2 Å². The van der Waals surface area contributed by atoms with Gasteiger partial charge in [-0.1, -0.05) is 19.9 Å². The average molecular weight is 373 g/mol. The van der Waals surface area contributed by atoms with Gasteiger partial charge < -0.3 is 9.84 Å². The second-order valence-corrected chi connectivity index (χ2v) is 6.78. The summed E-state index contributed by atoms with van der Waals surface area (Å²) in [6, 6.07) is 6.33. The Morgan fingerprint density at radius 3 is 2.71 bits per heavy atom. The van der Waals surface area contributed by atoms with Gasteiger partial charge in [0.2, 0.25) is 0 Å². The molecule has 6 heteroatoms. The second-order valence-electron chi connectivity index (χ2n) is 4.84. The smallest absolute Gasteiger partial charge is 0.349 e. The van der Waals surface area contributed by atoms with Crippen LogP contribution >= 0.6 is 27.3 Å². The van der Waals surface area contributed by atoms with Crippen molar-refractivity contribution >= 4 is 33.2 Å². The Morgan fingerprint density at radius 2 is 2.14 bits per heavy atom. The quantitative estimate of drug-likeness (QED) is 0.798. The summed E-state index contributed by atoms with van der Waals surface area (Å²) >= 11 is 4.33. The van der Waals surface area contributed by atoms with Crippen LogP contribution in [0, 0.1) is 5.82 Å². The van der Waals surface area contributed by atoms with Crippen LogP contribution in [-0.4, -0.2) is 11.1 Å². The number of aromatic carboxylic acids is 1. The van der Waals surface area contributed by atoms with Crippen molar-refractivity contribution in [2.45, 2.75) is 26.4 Å². The molecule has 0 aliphatic heterocycles. The van der Waals surface area contributed by atoms with Gasteiger partial charge in [-0.2, -0.15) is 0 Å². The van der Waals surface area contributed by atoms with E-state index in [0.29, 0.717) is 10.2 Å². The van der Waals surface area contributed by atoms with Gasteiger partial charge in [0.1, 0.15) is 18.2 Å². The molecule has 0 aliphatic rings. The lowest BCUT2D eigenvalue weighted by Crippen LogP contribution is -2.00. The number of carbonyl (C=O) groups is 1. The number of hydrogen-bond acceptors (Lipinski definition) is 3. The first-order chi connectivity index (χ1) is 9.88. The van der Waals surface area contributed by atoms with Gasteiger partial charge in [-0.05, 0) is 45.6 Å². The van der Waals surface area contributed by atoms with Crippen LogP contribution in [0.2, 0.25) is 0 Å². The van der Waals surface area contributed by atoms with Crippen molar-refractivity contribution in [3.8, 4) is 5.75 Å². The molecule has 0 saturated heterocycles. The van der Waals surface area contributed by atoms with E-state index in [9.17, 15) is 14.3 Å². The zero-order chi connectivity index (χ0) is 15.6. The van der Waals surface area contributed by atoms with Crippen molar-refractivity contribution < 1.29 is 19.0 Å². The highest BCUT2D eigenvalue weighted by Gasteiger charge is 2.18. The Kier molecular flexibility index (Phi) is 5.00. The summed E-state index contributed by atoms with van der Waals surface area (Å²) in [6.07, 6.45) is 0. The van der Waals surface area contributed by atoms with Gasteiger partial charge in [0.25, 0.3) is 0 Å². The molecule has 2 rings (SSSR count). The number of thiophene rings is 1. The van der Waals surface area contributed by atoms with Crippen molar-refractivity contribution in [3.63, 3.8) is 0 Å². The Hall–Kier alpha value is -1.40. The largest absolute Gasteiger partial charge is 0.487 e. The monoisotopic (exact) mass is 372 g/mol. The molecule has 0 unspecified atom stereocenters. The highest BCUT2D eigenvalue weighted by molar-refractivity contribution is 9.10. The zero-order valence-electron chi connectivity index (χ0n) is 11.5. The summed E-state index contributed by atoms with van der Waals surface area (Å²) in [5.41, 5.74) is 0.761. The summed E-state index contributed by atoms with van der Waals surface area (Å²) in [7, 11) is 0. The fourth-order valence-corrected chi connectivity index (χ4v) is 3.09. The third-order valence-electron chi connectivity index (χ3n) is 2.86. The van der Waals surface area contributed by atoms with Crippen LogP contribution in [0.25, 0.3) is 0 Å². The van der Waals surface area contributed by atoms with Gasteiger partial charge in [0.15, 0.2) is 4.88 Å². The fourth-order valence-electron chi connectivity index (χ4n) is 1.72. The molecule has 0 saturated carbocycles. The predicted octanol–water partition coefficient (Wildman–Crippen LogP) is 5.05. The van der Waals surface area contributed by atoms with Gasteiger partial charge in [0, 0.05) is 4.88 Å². The predicted molar refractivity (Wildman–Crippen MR) is 83.8 cm³/mol. The first-order valence-corrected chi connectivity index (χ1v) is 7.93. The summed E-state index contributed by atoms with van der Waals surface area (Å²) < 4.78 is 19.1. The normalized spacial score (nSPS) is 10.9. The van der Waals surface area contributed by atoms with E-state index in [0.717, 1.165) is 10.4 Å². The maximum Gasteiger partial charge on any atom is 0.349 e. The van der Waals surface area contributed by atoms with Gasteiger partial charge in [-0.15, -0.1) is 11.3 Å². The van der Waals surface area contributed by atoms with E-state index >= 15 is 0 Å². The van der Waals surface area contributed by atoms with Gasteiger partial charge in [0.05, 0.1) is 4.47 Å². The van der Waals surface area contributed by atoms with Crippen LogP contribution in [0.1, 0.15) is 39.9 Å². The SMILES string of the molecule is CC(C)c1cc(OCc2ccc(F)c(Br)c2)c(C(=O)O)s1. The fraction of sp³-hybridized carbons (Fsp3) is 0.267. The molecule has 0 amide bonds. The Balaban J connectivity index is 2.18. The lowest BCUT2D eigenvalue weighted by Gasteiger charge is -2.06. The van der Waals surface area contributed by atoms with E-state index in [-0.39, 0.29) is 23.2 Å². The Labute approximate surface area is 134 Å². The molecule has 0 atom stereocenters. The molecule has 1 N–H and O–H groups in total. The lowest BCUT2D eigenvalue weighted by atomic mass is 10.2. The van der Waals surface area contributed by atoms with E-state index < -0.39 is 5.97 Å². The van der Waals surface area contributed by atoms with Crippen molar-refractivity contribution in [3.05, 3.63) is 49.9 Å². The van der Waals surface area contributed by atoms with Crippen LogP contribution in [0.3, 0.4) is 0 Å². The molecular formula is C15H14BrFO3S. The number of rotatable bonds is 5. The minimum absolute atomic E-state index is 0.188. The molecule has 2 aromatic rings. The standard InChI is InChI=1S/C15H14BrFO3S/c1-8(2)13-6-12(14(21-13)15(18)19)20-7-9-3-4-11(17)10(16)5-9/h3-6,8H,7H2,1-2H3,(H,18,19). The molecular weight excluding hydrogens is 359 g/mol. The van der Waals surface area contributed by atoms with Crippen LogP contribution < -0.4 is 4.74 Å². The minimum Gasteiger partial charge on any atom is -0.487 e. The lowest BCUT2D eigenvalue weighted by molar-refractivity contribution is 0.0697. The first kappa shape index (κ1) is 16.0. The number of halogens is 2. The van der Waals surface area contributed by atoms with Crippen LogP contribution in [-0.2, 0) is 6.61 Å². The number of hydrogen-bond donors (Lipinski definition) is 1. The Morgan fingerprint density at radius 1 is 1.43 bits per heavy atom. The molecule has 3 nitrogen and oxygen atoms in total. The number of carboxylic acid groups (broad SMARTS) is 1. The molecule has 0 aliphatic carbocycles. The Bertz CT molecular complexity index is 667. The molecule has 112 valence electrons. The highest BCUT2D eigenvalue weighted by Crippen LogP contribution is 2.34. The van der Waals surface area contributed by atoms with Gasteiger partial charge in [-0.25, -0.2) is 9.18 Å². The van der Waals surface area contributed by atoms with Crippen LogP contribution in [0.15, 0.2) is 28.7 Å². The highest BCUT2D eigenvalue weighted by atomic mass is 79.9. The first-order valence-electron chi connectivity index (χ1n) is 6.32. The van der Waals surface area contributed by atoms with E-state index in [2.05, 4.69) is 15.9 Å². The summed E-state index contributed by atoms with van der Waals surface area (Å²) in [5, 5.41) is 9.21. The molecule has 1 aromatic carbocycles. The maximum atomic E-state index is 13.2. The average Bonchev–Trinajstić information content (AvgIpc) is 2.85. The second kappa shape index (κ2) is 6.58. The van der Waals surface area contributed by atoms with Gasteiger partial charge in [-0.3, -0.25) is 0 Å². The third-order valence-corrected chi connectivity index (χ3v) is 4.87. The summed E-state index contributed by atoms with van der Waals surface area (Å²) in [4.78, 5) is 12.4. The minimum atomic E-state index is -0.998. The molecule has 1 aromatic heterocycles.